The lowest BCUT2D eigenvalue weighted by molar-refractivity contribution is 0.222. The number of rotatable bonds is 7. The molecule has 0 radical (unpaired) electrons. The highest BCUT2D eigenvalue weighted by Crippen LogP contribution is 2.25. The van der Waals surface area contributed by atoms with Crippen molar-refractivity contribution in [3.05, 3.63) is 23.8 Å². The molecule has 1 aromatic rings. The van der Waals surface area contributed by atoms with E-state index in [1.165, 1.54) is 0 Å². The van der Waals surface area contributed by atoms with Crippen LogP contribution < -0.4 is 4.74 Å². The molecule has 0 fully saturated rings. The second kappa shape index (κ2) is 7.27. The second-order valence-corrected chi connectivity index (χ2v) is 4.80. The van der Waals surface area contributed by atoms with E-state index in [0.29, 0.717) is 18.4 Å². The van der Waals surface area contributed by atoms with Gasteiger partial charge in [0.25, 0.3) is 0 Å². The monoisotopic (exact) mass is 251 g/mol. The summed E-state index contributed by atoms with van der Waals surface area (Å²) in [6, 6.07) is 6.06. The summed E-state index contributed by atoms with van der Waals surface area (Å²) in [4.78, 5) is 2.31. The van der Waals surface area contributed by atoms with Crippen molar-refractivity contribution in [2.45, 2.75) is 46.7 Å². The molecule has 18 heavy (non-hydrogen) atoms. The van der Waals surface area contributed by atoms with Crippen molar-refractivity contribution in [1.82, 2.24) is 4.90 Å². The zero-order valence-corrected chi connectivity index (χ0v) is 11.9. The Labute approximate surface area is 110 Å². The fourth-order valence-electron chi connectivity index (χ4n) is 1.87. The van der Waals surface area contributed by atoms with Crippen LogP contribution in [-0.4, -0.2) is 29.2 Å². The van der Waals surface area contributed by atoms with Gasteiger partial charge in [0, 0.05) is 24.2 Å². The van der Waals surface area contributed by atoms with Crippen molar-refractivity contribution in [3.63, 3.8) is 0 Å². The molecule has 0 atom stereocenters. The lowest BCUT2D eigenvalue weighted by Crippen LogP contribution is -2.29. The molecule has 1 aromatic carbocycles. The summed E-state index contributed by atoms with van der Waals surface area (Å²) in [5.74, 6) is 1.06. The predicted molar refractivity (Wildman–Crippen MR) is 75.1 cm³/mol. The highest BCUT2D eigenvalue weighted by molar-refractivity contribution is 5.39. The number of ether oxygens (including phenoxy) is 1. The average molecular weight is 251 g/mol. The zero-order valence-electron chi connectivity index (χ0n) is 11.9. The van der Waals surface area contributed by atoms with Crippen molar-refractivity contribution in [3.8, 4) is 11.5 Å². The molecule has 0 heterocycles. The van der Waals surface area contributed by atoms with Crippen LogP contribution in [0.25, 0.3) is 0 Å². The molecule has 0 aliphatic carbocycles. The molecule has 0 aliphatic heterocycles. The molecule has 0 bridgehead atoms. The lowest BCUT2D eigenvalue weighted by Gasteiger charge is -2.25. The maximum atomic E-state index is 10.0. The van der Waals surface area contributed by atoms with E-state index in [9.17, 15) is 5.11 Å². The van der Waals surface area contributed by atoms with Crippen LogP contribution in [0, 0.1) is 0 Å². The fourth-order valence-corrected chi connectivity index (χ4v) is 1.87. The number of phenols is 1. The van der Waals surface area contributed by atoms with Gasteiger partial charge in [-0.15, -0.1) is 0 Å². The Balaban J connectivity index is 2.72. The first-order valence-corrected chi connectivity index (χ1v) is 6.77. The third-order valence-corrected chi connectivity index (χ3v) is 3.04. The molecule has 0 saturated carbocycles. The summed E-state index contributed by atoms with van der Waals surface area (Å²) in [5, 5.41) is 10.0. The quantitative estimate of drug-likeness (QED) is 0.806. The minimum Gasteiger partial charge on any atom is -0.507 e. The standard InChI is InChI=1S/C15H25NO2/c1-5-9-18-14-8-7-13(15(17)10-14)11-16(6-2)12(3)4/h7-8,10,12,17H,5-6,9,11H2,1-4H3. The SMILES string of the molecule is CCCOc1ccc(CN(CC)C(C)C)c(O)c1. The Bertz CT molecular complexity index is 364. The second-order valence-electron chi connectivity index (χ2n) is 4.80. The molecule has 0 saturated heterocycles. The molecule has 0 aliphatic rings. The highest BCUT2D eigenvalue weighted by Gasteiger charge is 2.11. The third kappa shape index (κ3) is 4.22. The van der Waals surface area contributed by atoms with Gasteiger partial charge in [0.05, 0.1) is 6.61 Å². The van der Waals surface area contributed by atoms with Crippen molar-refractivity contribution in [2.24, 2.45) is 0 Å². The van der Waals surface area contributed by atoms with Crippen LogP contribution in [-0.2, 0) is 6.54 Å². The normalized spacial score (nSPS) is 11.2. The Kier molecular flexibility index (Phi) is 5.99. The molecule has 0 aromatic heterocycles. The van der Waals surface area contributed by atoms with Crippen LogP contribution in [0.5, 0.6) is 11.5 Å². The van der Waals surface area contributed by atoms with Crippen molar-refractivity contribution in [1.29, 1.82) is 0 Å². The Hall–Kier alpha value is -1.22. The van der Waals surface area contributed by atoms with E-state index in [0.717, 1.165) is 30.8 Å². The van der Waals surface area contributed by atoms with Crippen LogP contribution in [0.2, 0.25) is 0 Å². The smallest absolute Gasteiger partial charge is 0.123 e. The first-order valence-electron chi connectivity index (χ1n) is 6.77. The van der Waals surface area contributed by atoms with Gasteiger partial charge >= 0.3 is 0 Å². The van der Waals surface area contributed by atoms with Gasteiger partial charge in [-0.1, -0.05) is 19.9 Å². The molecule has 0 amide bonds. The highest BCUT2D eigenvalue weighted by atomic mass is 16.5. The maximum absolute atomic E-state index is 10.0. The van der Waals surface area contributed by atoms with Crippen LogP contribution in [0.15, 0.2) is 18.2 Å². The van der Waals surface area contributed by atoms with Crippen LogP contribution in [0.4, 0.5) is 0 Å². The first kappa shape index (κ1) is 14.8. The molecular weight excluding hydrogens is 226 g/mol. The van der Waals surface area contributed by atoms with E-state index < -0.39 is 0 Å². The van der Waals surface area contributed by atoms with Crippen molar-refractivity contribution < 1.29 is 9.84 Å². The summed E-state index contributed by atoms with van der Waals surface area (Å²) >= 11 is 0. The lowest BCUT2D eigenvalue weighted by atomic mass is 10.1. The molecule has 3 heteroatoms. The number of phenolic OH excluding ortho intramolecular Hbond substituents is 1. The Morgan fingerprint density at radius 2 is 2.00 bits per heavy atom. The van der Waals surface area contributed by atoms with E-state index in [1.54, 1.807) is 6.07 Å². The number of benzene rings is 1. The first-order chi connectivity index (χ1) is 8.58. The minimum absolute atomic E-state index is 0.322. The predicted octanol–water partition coefficient (Wildman–Crippen LogP) is 3.41. The van der Waals surface area contributed by atoms with E-state index in [2.05, 4.69) is 32.6 Å². The van der Waals surface area contributed by atoms with E-state index >= 15 is 0 Å². The largest absolute Gasteiger partial charge is 0.507 e. The van der Waals surface area contributed by atoms with E-state index in [1.807, 2.05) is 12.1 Å². The maximum Gasteiger partial charge on any atom is 0.123 e. The summed E-state index contributed by atoms with van der Waals surface area (Å²) in [7, 11) is 0. The topological polar surface area (TPSA) is 32.7 Å². The summed E-state index contributed by atoms with van der Waals surface area (Å²) in [5.41, 5.74) is 0.953. The van der Waals surface area contributed by atoms with Gasteiger partial charge < -0.3 is 9.84 Å². The van der Waals surface area contributed by atoms with Gasteiger partial charge in [-0.2, -0.15) is 0 Å². The van der Waals surface area contributed by atoms with Crippen LogP contribution in [0.3, 0.4) is 0 Å². The van der Waals surface area contributed by atoms with Gasteiger partial charge in [0.15, 0.2) is 0 Å². The van der Waals surface area contributed by atoms with Gasteiger partial charge in [-0.25, -0.2) is 0 Å². The Morgan fingerprint density at radius 1 is 1.28 bits per heavy atom. The van der Waals surface area contributed by atoms with Gasteiger partial charge in [0.1, 0.15) is 11.5 Å². The summed E-state index contributed by atoms with van der Waals surface area (Å²) in [6.07, 6.45) is 0.972. The van der Waals surface area contributed by atoms with Crippen LogP contribution >= 0.6 is 0 Å². The fraction of sp³-hybridized carbons (Fsp3) is 0.600. The van der Waals surface area contributed by atoms with E-state index in [4.69, 9.17) is 4.74 Å². The van der Waals surface area contributed by atoms with Crippen molar-refractivity contribution >= 4 is 0 Å². The molecule has 1 N–H and O–H groups in total. The molecule has 0 unspecified atom stereocenters. The summed E-state index contributed by atoms with van der Waals surface area (Å²) < 4.78 is 5.50. The number of hydrogen-bond acceptors (Lipinski definition) is 3. The molecule has 102 valence electrons. The van der Waals surface area contributed by atoms with Crippen molar-refractivity contribution in [2.75, 3.05) is 13.2 Å². The van der Waals surface area contributed by atoms with Gasteiger partial charge in [0.2, 0.25) is 0 Å². The number of hydrogen-bond donors (Lipinski definition) is 1. The number of nitrogens with zero attached hydrogens (tertiary/aromatic N) is 1. The van der Waals surface area contributed by atoms with E-state index in [-0.39, 0.29) is 0 Å². The average Bonchev–Trinajstić information content (AvgIpc) is 2.34. The molecule has 1 rings (SSSR count). The van der Waals surface area contributed by atoms with Crippen LogP contribution in [0.1, 0.15) is 39.7 Å². The third-order valence-electron chi connectivity index (χ3n) is 3.04. The molecule has 3 nitrogen and oxygen atoms in total. The van der Waals surface area contributed by atoms with Gasteiger partial charge in [-0.05, 0) is 32.9 Å². The molecule has 0 spiro atoms. The minimum atomic E-state index is 0.322. The van der Waals surface area contributed by atoms with Gasteiger partial charge in [-0.3, -0.25) is 4.90 Å². The molecular formula is C15H25NO2. The number of aromatic hydroxyl groups is 1. The zero-order chi connectivity index (χ0) is 13.5. The Morgan fingerprint density at radius 3 is 2.50 bits per heavy atom. The summed E-state index contributed by atoms with van der Waals surface area (Å²) in [6.45, 7) is 11.0.